The Morgan fingerprint density at radius 3 is 2.19 bits per heavy atom. The summed E-state index contributed by atoms with van der Waals surface area (Å²) in [6.07, 6.45) is -1.000. The van der Waals surface area contributed by atoms with Crippen molar-refractivity contribution in [3.8, 4) is 0 Å². The van der Waals surface area contributed by atoms with Gasteiger partial charge in [-0.15, -0.1) is 0 Å². The number of ketones is 1. The number of likely N-dealkylation sites (N-methyl/N-ethyl adjacent to an activating group) is 1. The third-order valence-corrected chi connectivity index (χ3v) is 5.63. The lowest BCUT2D eigenvalue weighted by Crippen LogP contribution is -2.35. The lowest BCUT2D eigenvalue weighted by Gasteiger charge is -2.18. The Morgan fingerprint density at radius 2 is 1.62 bits per heavy atom. The number of aryl methyl sites for hydroxylation is 1. The van der Waals surface area contributed by atoms with Gasteiger partial charge in [0, 0.05) is 12.6 Å². The number of nitrogens with zero attached hydrogens (tertiary/aromatic N) is 1. The molecule has 0 bridgehead atoms. The molecule has 26 heavy (non-hydrogen) atoms. The fourth-order valence-corrected chi connectivity index (χ4v) is 3.40. The zero-order valence-electron chi connectivity index (χ0n) is 14.9. The van der Waals surface area contributed by atoms with E-state index in [-0.39, 0.29) is 10.7 Å². The zero-order valence-corrected chi connectivity index (χ0v) is 15.7. The molecule has 2 aromatic rings. The lowest BCUT2D eigenvalue weighted by atomic mass is 10.1. The van der Waals surface area contributed by atoms with Crippen LogP contribution >= 0.6 is 0 Å². The maximum Gasteiger partial charge on any atom is 0.322 e. The Labute approximate surface area is 153 Å². The Morgan fingerprint density at radius 1 is 1.04 bits per heavy atom. The molecule has 0 saturated heterocycles. The smallest absolute Gasteiger partial charge is 0.322 e. The van der Waals surface area contributed by atoms with E-state index < -0.39 is 28.6 Å². The van der Waals surface area contributed by atoms with Gasteiger partial charge in [-0.05, 0) is 26.0 Å². The van der Waals surface area contributed by atoms with E-state index in [1.165, 1.54) is 26.1 Å². The average Bonchev–Trinajstić information content (AvgIpc) is 2.61. The predicted octanol–water partition coefficient (Wildman–Crippen LogP) is 2.43. The number of benzene rings is 2. The minimum atomic E-state index is -3.81. The number of hydrogen-bond acceptors (Lipinski definition) is 5. The minimum Gasteiger partial charge on any atom is -0.453 e. The van der Waals surface area contributed by atoms with Gasteiger partial charge < -0.3 is 4.74 Å². The third kappa shape index (κ3) is 4.77. The quantitative estimate of drug-likeness (QED) is 0.548. The van der Waals surface area contributed by atoms with Gasteiger partial charge in [-0.3, -0.25) is 9.59 Å². The molecule has 0 radical (unpaired) electrons. The first-order valence-corrected chi connectivity index (χ1v) is 9.47. The summed E-state index contributed by atoms with van der Waals surface area (Å²) >= 11 is 0. The molecule has 0 spiro atoms. The van der Waals surface area contributed by atoms with Gasteiger partial charge in [0.15, 0.2) is 6.10 Å². The van der Waals surface area contributed by atoms with Crippen LogP contribution in [-0.2, 0) is 19.6 Å². The van der Waals surface area contributed by atoms with Crippen molar-refractivity contribution in [3.63, 3.8) is 0 Å². The Hall–Kier alpha value is -2.51. The number of carbonyl (C=O) groups is 2. The Kier molecular flexibility index (Phi) is 6.28. The normalized spacial score (nSPS) is 12.6. The molecule has 0 saturated carbocycles. The average molecular weight is 375 g/mol. The topological polar surface area (TPSA) is 80.8 Å². The van der Waals surface area contributed by atoms with Crippen LogP contribution in [-0.4, -0.2) is 44.2 Å². The van der Waals surface area contributed by atoms with E-state index in [2.05, 4.69) is 0 Å². The van der Waals surface area contributed by atoms with Crippen LogP contribution in [0.15, 0.2) is 59.5 Å². The van der Waals surface area contributed by atoms with E-state index in [9.17, 15) is 18.0 Å². The summed E-state index contributed by atoms with van der Waals surface area (Å²) in [6.45, 7) is 2.83. The molecule has 0 amide bonds. The first-order valence-electron chi connectivity index (χ1n) is 8.03. The molecule has 0 fully saturated rings. The minimum absolute atomic E-state index is 0.0896. The summed E-state index contributed by atoms with van der Waals surface area (Å²) in [5.74, 6) is -1.14. The van der Waals surface area contributed by atoms with Gasteiger partial charge in [0.2, 0.25) is 15.8 Å². The van der Waals surface area contributed by atoms with Crippen LogP contribution in [0.25, 0.3) is 0 Å². The summed E-state index contributed by atoms with van der Waals surface area (Å²) in [5.41, 5.74) is 1.35. The van der Waals surface area contributed by atoms with E-state index in [0.717, 1.165) is 9.87 Å². The van der Waals surface area contributed by atoms with Crippen LogP contribution in [0.4, 0.5) is 0 Å². The molecule has 2 rings (SSSR count). The molecule has 0 aliphatic heterocycles. The number of ether oxygens (including phenoxy) is 1. The Bertz CT molecular complexity index is 876. The molecular formula is C19H21NO5S. The second-order valence-electron chi connectivity index (χ2n) is 5.94. The van der Waals surface area contributed by atoms with E-state index in [0.29, 0.717) is 5.56 Å². The van der Waals surface area contributed by atoms with Gasteiger partial charge in [0.1, 0.15) is 6.54 Å². The summed E-state index contributed by atoms with van der Waals surface area (Å²) in [4.78, 5) is 24.3. The highest BCUT2D eigenvalue weighted by molar-refractivity contribution is 7.89. The van der Waals surface area contributed by atoms with Crippen molar-refractivity contribution >= 4 is 21.8 Å². The van der Waals surface area contributed by atoms with Crippen LogP contribution in [0, 0.1) is 6.92 Å². The highest BCUT2D eigenvalue weighted by Crippen LogP contribution is 2.15. The van der Waals surface area contributed by atoms with E-state index in [1.807, 2.05) is 6.92 Å². The van der Waals surface area contributed by atoms with E-state index in [1.54, 1.807) is 42.5 Å². The second kappa shape index (κ2) is 8.25. The van der Waals surface area contributed by atoms with Gasteiger partial charge in [-0.2, -0.15) is 4.31 Å². The fraction of sp³-hybridized carbons (Fsp3) is 0.263. The second-order valence-corrected chi connectivity index (χ2v) is 7.98. The molecule has 1 unspecified atom stereocenters. The van der Waals surface area contributed by atoms with Crippen molar-refractivity contribution in [1.29, 1.82) is 0 Å². The maximum atomic E-state index is 12.5. The lowest BCUT2D eigenvalue weighted by molar-refractivity contribution is -0.146. The maximum absolute atomic E-state index is 12.5. The van der Waals surface area contributed by atoms with E-state index >= 15 is 0 Å². The molecule has 138 valence electrons. The van der Waals surface area contributed by atoms with Gasteiger partial charge in [0.25, 0.3) is 0 Å². The van der Waals surface area contributed by atoms with Crippen molar-refractivity contribution < 1.29 is 22.7 Å². The highest BCUT2D eigenvalue weighted by atomic mass is 32.2. The summed E-state index contributed by atoms with van der Waals surface area (Å²) < 4.78 is 30.9. The van der Waals surface area contributed by atoms with Crippen molar-refractivity contribution in [2.24, 2.45) is 0 Å². The summed E-state index contributed by atoms with van der Waals surface area (Å²) in [5, 5.41) is 0. The van der Waals surface area contributed by atoms with E-state index in [4.69, 9.17) is 4.74 Å². The van der Waals surface area contributed by atoms with Gasteiger partial charge >= 0.3 is 5.97 Å². The van der Waals surface area contributed by atoms with Gasteiger partial charge in [-0.1, -0.05) is 48.0 Å². The number of sulfonamides is 1. The van der Waals surface area contributed by atoms with Crippen LogP contribution in [0.2, 0.25) is 0 Å². The number of carbonyl (C=O) groups excluding carboxylic acids is 2. The standard InChI is InChI=1S/C19H21NO5S/c1-14-9-11-17(12-10-14)26(23,24)20(3)13-18(21)25-15(2)19(22)16-7-5-4-6-8-16/h4-12,15H,13H2,1-3H3. The van der Waals surface area contributed by atoms with Crippen molar-refractivity contribution in [1.82, 2.24) is 4.31 Å². The van der Waals surface area contributed by atoms with Crippen molar-refractivity contribution in [2.75, 3.05) is 13.6 Å². The number of Topliss-reactive ketones (excluding diaryl/α,β-unsaturated/α-hetero) is 1. The third-order valence-electron chi connectivity index (χ3n) is 3.82. The van der Waals surface area contributed by atoms with Crippen LogP contribution in [0.5, 0.6) is 0 Å². The first kappa shape index (κ1) is 19.8. The Balaban J connectivity index is 2.00. The molecule has 0 heterocycles. The van der Waals surface area contributed by atoms with Crippen LogP contribution in [0.1, 0.15) is 22.8 Å². The first-order chi connectivity index (χ1) is 12.2. The molecule has 0 aliphatic carbocycles. The van der Waals surface area contributed by atoms with Gasteiger partial charge in [-0.25, -0.2) is 8.42 Å². The SMILES string of the molecule is Cc1ccc(S(=O)(=O)N(C)CC(=O)OC(C)C(=O)c2ccccc2)cc1. The predicted molar refractivity (Wildman–Crippen MR) is 97.3 cm³/mol. The molecular weight excluding hydrogens is 354 g/mol. The van der Waals surface area contributed by atoms with Crippen molar-refractivity contribution in [2.45, 2.75) is 24.8 Å². The highest BCUT2D eigenvalue weighted by Gasteiger charge is 2.25. The molecule has 0 N–H and O–H groups in total. The molecule has 2 aromatic carbocycles. The molecule has 1 atom stereocenters. The molecule has 7 heteroatoms. The van der Waals surface area contributed by atoms with Crippen LogP contribution in [0.3, 0.4) is 0 Å². The molecule has 0 aliphatic rings. The number of hydrogen-bond donors (Lipinski definition) is 0. The molecule has 0 aromatic heterocycles. The zero-order chi connectivity index (χ0) is 19.3. The van der Waals surface area contributed by atoms with Crippen LogP contribution < -0.4 is 0 Å². The van der Waals surface area contributed by atoms with Gasteiger partial charge in [0.05, 0.1) is 4.90 Å². The molecule has 6 nitrogen and oxygen atoms in total. The summed E-state index contributed by atoms with van der Waals surface area (Å²) in [6, 6.07) is 14.8. The van der Waals surface area contributed by atoms with Crippen molar-refractivity contribution in [3.05, 3.63) is 65.7 Å². The monoisotopic (exact) mass is 375 g/mol. The number of esters is 1. The fourth-order valence-electron chi connectivity index (χ4n) is 2.28. The largest absolute Gasteiger partial charge is 0.453 e. The summed E-state index contributed by atoms with van der Waals surface area (Å²) in [7, 11) is -2.52. The number of rotatable bonds is 7.